The Balaban J connectivity index is 1.86. The topological polar surface area (TPSA) is 111 Å². The summed E-state index contributed by atoms with van der Waals surface area (Å²) in [6, 6.07) is 3.35. The van der Waals surface area contributed by atoms with Crippen LogP contribution < -0.4 is 5.56 Å². The smallest absolute Gasteiger partial charge is 0.416 e. The molecule has 1 aliphatic carbocycles. The molecule has 2 aromatic rings. The molecule has 1 aromatic carbocycles. The minimum Gasteiger partial charge on any atom is -0.481 e. The minimum atomic E-state index is -4.63. The number of esters is 1. The number of fused-ring (bicyclic) bond motifs is 1. The summed E-state index contributed by atoms with van der Waals surface area (Å²) < 4.78 is 45.5. The molecule has 3 rings (SSSR count). The number of carboxylic acids is 1. The van der Waals surface area contributed by atoms with Gasteiger partial charge >= 0.3 is 18.1 Å². The molecule has 0 aliphatic heterocycles. The van der Waals surface area contributed by atoms with E-state index in [0.717, 1.165) is 28.9 Å². The van der Waals surface area contributed by atoms with Crippen LogP contribution in [-0.2, 0) is 27.0 Å². The number of carbonyl (C=O) groups excluding carboxylic acids is 1. The molecule has 0 spiro atoms. The van der Waals surface area contributed by atoms with Crippen molar-refractivity contribution in [2.45, 2.75) is 51.2 Å². The highest BCUT2D eigenvalue weighted by molar-refractivity contribution is 6.76. The predicted molar refractivity (Wildman–Crippen MR) is 115 cm³/mol. The number of nitrogens with zero attached hydrogens (tertiary/aromatic N) is 3. The molecule has 1 saturated carbocycles. The van der Waals surface area contributed by atoms with E-state index in [2.05, 4.69) is 30.0 Å². The van der Waals surface area contributed by atoms with E-state index in [1.807, 2.05) is 0 Å². The summed E-state index contributed by atoms with van der Waals surface area (Å²) in [5.41, 5.74) is -1.75. The van der Waals surface area contributed by atoms with Crippen molar-refractivity contribution in [1.82, 2.24) is 15.0 Å². The Morgan fingerprint density at radius 2 is 1.94 bits per heavy atom. The third-order valence-corrected chi connectivity index (χ3v) is 7.64. The van der Waals surface area contributed by atoms with Crippen molar-refractivity contribution in [2.75, 3.05) is 6.61 Å². The van der Waals surface area contributed by atoms with E-state index in [-0.39, 0.29) is 30.5 Å². The summed E-state index contributed by atoms with van der Waals surface area (Å²) in [6.07, 6.45) is -4.07. The molecule has 1 heterocycles. The van der Waals surface area contributed by atoms with E-state index >= 15 is 0 Å². The molecule has 180 valence electrons. The predicted octanol–water partition coefficient (Wildman–Crippen LogP) is 3.42. The maximum absolute atomic E-state index is 13.1. The number of carboxylic acid groups (broad SMARTS) is 1. The summed E-state index contributed by atoms with van der Waals surface area (Å²) in [7, 11) is -1.47. The van der Waals surface area contributed by atoms with Gasteiger partial charge < -0.3 is 9.84 Å². The van der Waals surface area contributed by atoms with Crippen LogP contribution in [-0.4, -0.2) is 46.7 Å². The van der Waals surface area contributed by atoms with Crippen molar-refractivity contribution < 1.29 is 32.6 Å². The van der Waals surface area contributed by atoms with Crippen molar-refractivity contribution in [3.8, 4) is 0 Å². The van der Waals surface area contributed by atoms with Crippen LogP contribution in [0.4, 0.5) is 13.2 Å². The molecule has 0 radical (unpaired) electrons. The zero-order chi connectivity index (χ0) is 24.6. The van der Waals surface area contributed by atoms with Crippen LogP contribution in [0.1, 0.15) is 18.4 Å². The summed E-state index contributed by atoms with van der Waals surface area (Å²) >= 11 is 0. The first kappa shape index (κ1) is 24.9. The zero-order valence-electron chi connectivity index (χ0n) is 18.6. The Kier molecular flexibility index (Phi) is 6.96. The lowest BCUT2D eigenvalue weighted by molar-refractivity contribution is -0.157. The van der Waals surface area contributed by atoms with E-state index in [1.165, 1.54) is 0 Å². The SMILES string of the molecule is C[Si](C)(C)CCOC(=O)[C@H]1[C@H](Cn2nnc3ccc(C(F)(F)F)cc3c2=O)CC[C@@H]1C(=O)O. The number of hydrogen-bond donors (Lipinski definition) is 1. The van der Waals surface area contributed by atoms with Gasteiger partial charge in [-0.15, -0.1) is 5.10 Å². The number of aliphatic carboxylic acids is 1. The Bertz CT molecular complexity index is 1110. The van der Waals surface area contributed by atoms with Crippen molar-refractivity contribution >= 4 is 30.9 Å². The maximum atomic E-state index is 13.1. The highest BCUT2D eigenvalue weighted by Gasteiger charge is 2.46. The largest absolute Gasteiger partial charge is 0.481 e. The number of rotatable bonds is 7. The summed E-state index contributed by atoms with van der Waals surface area (Å²) in [4.78, 5) is 37.3. The molecule has 12 heteroatoms. The van der Waals surface area contributed by atoms with Crippen molar-refractivity contribution in [1.29, 1.82) is 0 Å². The van der Waals surface area contributed by atoms with Gasteiger partial charge in [0.05, 0.1) is 35.9 Å². The number of halogens is 3. The van der Waals surface area contributed by atoms with Crippen LogP contribution in [0.2, 0.25) is 25.7 Å². The standard InChI is InChI=1S/C21H26F3N3O5Si/c1-33(2,3)9-8-32-20(31)17-12(4-6-14(17)19(29)30)11-27-18(28)15-10-13(21(22,23)24)5-7-16(15)25-26-27/h5,7,10,12,14,17H,4,6,8-9,11H2,1-3H3,(H,29,30)/t12-,14-,17-/m0/s1. The van der Waals surface area contributed by atoms with E-state index in [0.29, 0.717) is 6.42 Å². The normalized spacial score (nSPS) is 21.3. The number of benzene rings is 1. The second kappa shape index (κ2) is 9.24. The lowest BCUT2D eigenvalue weighted by Crippen LogP contribution is -2.36. The number of carbonyl (C=O) groups is 2. The van der Waals surface area contributed by atoms with Gasteiger partial charge in [0.1, 0.15) is 5.52 Å². The average Bonchev–Trinajstić information content (AvgIpc) is 3.12. The molecule has 0 amide bonds. The van der Waals surface area contributed by atoms with Gasteiger partial charge in [-0.3, -0.25) is 14.4 Å². The number of hydrogen-bond acceptors (Lipinski definition) is 6. The van der Waals surface area contributed by atoms with Crippen LogP contribution in [0.15, 0.2) is 23.0 Å². The molecule has 1 aromatic heterocycles. The fourth-order valence-corrected chi connectivity index (χ4v) is 4.78. The Morgan fingerprint density at radius 1 is 1.24 bits per heavy atom. The van der Waals surface area contributed by atoms with E-state index < -0.39 is 55.1 Å². The Morgan fingerprint density at radius 3 is 2.55 bits per heavy atom. The monoisotopic (exact) mass is 485 g/mol. The highest BCUT2D eigenvalue weighted by Crippen LogP contribution is 2.39. The molecule has 0 saturated heterocycles. The van der Waals surface area contributed by atoms with Crippen molar-refractivity contribution in [3.05, 3.63) is 34.1 Å². The lowest BCUT2D eigenvalue weighted by Gasteiger charge is -2.22. The number of aromatic nitrogens is 3. The molecule has 8 nitrogen and oxygen atoms in total. The van der Waals surface area contributed by atoms with E-state index in [9.17, 15) is 32.7 Å². The summed E-state index contributed by atoms with van der Waals surface area (Å²) in [6.45, 7) is 6.41. The van der Waals surface area contributed by atoms with E-state index in [4.69, 9.17) is 4.74 Å². The minimum absolute atomic E-state index is 0.0152. The zero-order valence-corrected chi connectivity index (χ0v) is 19.6. The number of ether oxygens (including phenoxy) is 1. The Hall–Kier alpha value is -2.76. The van der Waals surface area contributed by atoms with Crippen LogP contribution >= 0.6 is 0 Å². The molecule has 3 atom stereocenters. The third-order valence-electron chi connectivity index (χ3n) is 5.93. The molecule has 33 heavy (non-hydrogen) atoms. The van der Waals surface area contributed by atoms with Crippen LogP contribution in [0, 0.1) is 17.8 Å². The fourth-order valence-electron chi connectivity index (χ4n) is 4.07. The maximum Gasteiger partial charge on any atom is 0.416 e. The van der Waals surface area contributed by atoms with Gasteiger partial charge in [-0.05, 0) is 43.0 Å². The molecular formula is C21H26F3N3O5Si. The molecule has 1 fully saturated rings. The summed E-state index contributed by atoms with van der Waals surface area (Å²) in [5, 5.41) is 16.9. The van der Waals surface area contributed by atoms with Crippen LogP contribution in [0.25, 0.3) is 10.9 Å². The highest BCUT2D eigenvalue weighted by atomic mass is 28.3. The fraction of sp³-hybridized carbons (Fsp3) is 0.571. The average molecular weight is 486 g/mol. The first-order valence-electron chi connectivity index (χ1n) is 10.6. The van der Waals surface area contributed by atoms with Gasteiger partial charge in [0, 0.05) is 8.07 Å². The van der Waals surface area contributed by atoms with Crippen molar-refractivity contribution in [3.63, 3.8) is 0 Å². The van der Waals surface area contributed by atoms with Gasteiger partial charge in [-0.2, -0.15) is 13.2 Å². The second-order valence-electron chi connectivity index (χ2n) is 9.59. The quantitative estimate of drug-likeness (QED) is 0.472. The first-order chi connectivity index (χ1) is 15.3. The van der Waals surface area contributed by atoms with Gasteiger partial charge in [0.25, 0.3) is 5.56 Å². The second-order valence-corrected chi connectivity index (χ2v) is 15.2. The molecule has 1 N–H and O–H groups in total. The van der Waals surface area contributed by atoms with Crippen molar-refractivity contribution in [2.24, 2.45) is 17.8 Å². The molecule has 1 aliphatic rings. The van der Waals surface area contributed by atoms with E-state index in [1.54, 1.807) is 0 Å². The first-order valence-corrected chi connectivity index (χ1v) is 14.3. The molecule has 0 unspecified atom stereocenters. The van der Waals surface area contributed by atoms with Gasteiger partial charge in [-0.25, -0.2) is 4.68 Å². The molecular weight excluding hydrogens is 459 g/mol. The van der Waals surface area contributed by atoms with Crippen LogP contribution in [0.3, 0.4) is 0 Å². The third kappa shape index (κ3) is 5.78. The van der Waals surface area contributed by atoms with Gasteiger partial charge in [0.15, 0.2) is 0 Å². The number of alkyl halides is 3. The van der Waals surface area contributed by atoms with Gasteiger partial charge in [0.2, 0.25) is 0 Å². The lowest BCUT2D eigenvalue weighted by atomic mass is 9.89. The summed E-state index contributed by atoms with van der Waals surface area (Å²) in [5.74, 6) is -4.27. The van der Waals surface area contributed by atoms with Gasteiger partial charge in [-0.1, -0.05) is 24.9 Å². The van der Waals surface area contributed by atoms with Crippen LogP contribution in [0.5, 0.6) is 0 Å². The Labute approximate surface area is 188 Å². The molecule has 0 bridgehead atoms.